The molecule has 160 valence electrons. The summed E-state index contributed by atoms with van der Waals surface area (Å²) in [5.74, 6) is 1.69. The second-order valence-corrected chi connectivity index (χ2v) is 10.2. The Hall–Kier alpha value is -1.75. The van der Waals surface area contributed by atoms with E-state index in [1.165, 1.54) is 42.2 Å². The summed E-state index contributed by atoms with van der Waals surface area (Å²) in [6, 6.07) is 8.41. The lowest BCUT2D eigenvalue weighted by atomic mass is 9.85. The van der Waals surface area contributed by atoms with Gasteiger partial charge in [-0.25, -0.2) is 4.79 Å². The summed E-state index contributed by atoms with van der Waals surface area (Å²) in [6.07, 6.45) is 8.31. The van der Waals surface area contributed by atoms with Gasteiger partial charge < -0.3 is 14.4 Å². The van der Waals surface area contributed by atoms with Gasteiger partial charge in [0.05, 0.1) is 0 Å². The number of amides is 1. The summed E-state index contributed by atoms with van der Waals surface area (Å²) in [5.41, 5.74) is -0.474. The minimum absolute atomic E-state index is 0.105. The molecular formula is C24H35NO3S. The largest absolute Gasteiger partial charge is 0.490 e. The number of hydrogen-bond donors (Lipinski definition) is 0. The SMILES string of the molecule is CN(CCC(CC1CCCCC1)Oc1cccc2sccc12)C(=O)OC(C)(C)C. The molecule has 1 aliphatic rings. The van der Waals surface area contributed by atoms with E-state index in [2.05, 4.69) is 29.6 Å². The van der Waals surface area contributed by atoms with Crippen LogP contribution in [-0.4, -0.2) is 36.3 Å². The monoisotopic (exact) mass is 417 g/mol. The maximum atomic E-state index is 12.3. The van der Waals surface area contributed by atoms with Crippen molar-refractivity contribution < 1.29 is 14.3 Å². The fraction of sp³-hybridized carbons (Fsp3) is 0.625. The predicted molar refractivity (Wildman–Crippen MR) is 121 cm³/mol. The van der Waals surface area contributed by atoms with E-state index >= 15 is 0 Å². The van der Waals surface area contributed by atoms with Gasteiger partial charge in [-0.1, -0.05) is 38.2 Å². The van der Waals surface area contributed by atoms with Gasteiger partial charge in [-0.05, 0) is 56.7 Å². The van der Waals surface area contributed by atoms with Crippen molar-refractivity contribution in [3.63, 3.8) is 0 Å². The zero-order valence-corrected chi connectivity index (χ0v) is 19.1. The van der Waals surface area contributed by atoms with E-state index in [1.807, 2.05) is 27.8 Å². The second kappa shape index (κ2) is 9.84. The molecule has 1 saturated carbocycles. The van der Waals surface area contributed by atoms with Gasteiger partial charge >= 0.3 is 6.09 Å². The Bertz CT molecular complexity index is 789. The highest BCUT2D eigenvalue weighted by Crippen LogP contribution is 2.33. The minimum atomic E-state index is -0.474. The number of carbonyl (C=O) groups excluding carboxylic acids is 1. The number of benzene rings is 1. The van der Waals surface area contributed by atoms with Gasteiger partial charge in [-0.3, -0.25) is 0 Å². The summed E-state index contributed by atoms with van der Waals surface area (Å²) < 4.78 is 13.3. The first-order valence-electron chi connectivity index (χ1n) is 10.9. The lowest BCUT2D eigenvalue weighted by Gasteiger charge is -2.29. The number of fused-ring (bicyclic) bond motifs is 1. The molecule has 1 unspecified atom stereocenters. The van der Waals surface area contributed by atoms with Gasteiger partial charge in [0.2, 0.25) is 0 Å². The molecule has 0 bridgehead atoms. The van der Waals surface area contributed by atoms with Crippen LogP contribution in [0.3, 0.4) is 0 Å². The molecule has 1 atom stereocenters. The van der Waals surface area contributed by atoms with Crippen molar-refractivity contribution in [2.45, 2.75) is 77.4 Å². The van der Waals surface area contributed by atoms with Gasteiger partial charge in [-0.15, -0.1) is 11.3 Å². The minimum Gasteiger partial charge on any atom is -0.490 e. The van der Waals surface area contributed by atoms with E-state index in [-0.39, 0.29) is 12.2 Å². The topological polar surface area (TPSA) is 38.8 Å². The Morgan fingerprint density at radius 1 is 1.21 bits per heavy atom. The van der Waals surface area contributed by atoms with Crippen molar-refractivity contribution in [2.75, 3.05) is 13.6 Å². The molecule has 0 radical (unpaired) electrons. The number of hydrogen-bond acceptors (Lipinski definition) is 4. The number of carbonyl (C=O) groups is 1. The van der Waals surface area contributed by atoms with Crippen LogP contribution in [0, 0.1) is 5.92 Å². The summed E-state index contributed by atoms with van der Waals surface area (Å²) >= 11 is 1.74. The fourth-order valence-corrected chi connectivity index (χ4v) is 4.84. The van der Waals surface area contributed by atoms with Crippen molar-refractivity contribution in [1.29, 1.82) is 0 Å². The quantitative estimate of drug-likeness (QED) is 0.493. The third-order valence-electron chi connectivity index (χ3n) is 5.56. The Labute approximate surface area is 179 Å². The molecule has 1 heterocycles. The second-order valence-electron chi connectivity index (χ2n) is 9.26. The molecule has 2 aromatic rings. The standard InChI is InChI=1S/C24H35NO3S/c1-24(2,3)28-23(26)25(4)15-13-19(17-18-9-6-5-7-10-18)27-21-11-8-12-22-20(21)14-16-29-22/h8,11-12,14,16,18-19H,5-7,9-10,13,15,17H2,1-4H3. The summed E-state index contributed by atoms with van der Waals surface area (Å²) in [5, 5.41) is 3.30. The van der Waals surface area contributed by atoms with Crippen LogP contribution in [0.15, 0.2) is 29.6 Å². The third kappa shape index (κ3) is 6.63. The highest BCUT2D eigenvalue weighted by Gasteiger charge is 2.24. The van der Waals surface area contributed by atoms with E-state index in [1.54, 1.807) is 16.2 Å². The Balaban J connectivity index is 1.66. The Kier molecular flexibility index (Phi) is 7.44. The molecule has 1 aromatic carbocycles. The lowest BCUT2D eigenvalue weighted by molar-refractivity contribution is 0.0273. The van der Waals surface area contributed by atoms with Crippen molar-refractivity contribution >= 4 is 27.5 Å². The van der Waals surface area contributed by atoms with Gasteiger partial charge in [0.1, 0.15) is 17.5 Å². The van der Waals surface area contributed by atoms with Crippen LogP contribution < -0.4 is 4.74 Å². The first-order chi connectivity index (χ1) is 13.8. The number of thiophene rings is 1. The van der Waals surface area contributed by atoms with E-state index in [0.29, 0.717) is 6.54 Å². The summed E-state index contributed by atoms with van der Waals surface area (Å²) in [7, 11) is 1.81. The molecule has 0 N–H and O–H groups in total. The number of ether oxygens (including phenoxy) is 2. The van der Waals surface area contributed by atoms with E-state index < -0.39 is 5.60 Å². The molecule has 0 spiro atoms. The molecule has 0 saturated heterocycles. The molecule has 1 aromatic heterocycles. The van der Waals surface area contributed by atoms with Crippen LogP contribution in [0.2, 0.25) is 0 Å². The normalized spacial score (nSPS) is 16.6. The van der Waals surface area contributed by atoms with Gasteiger partial charge in [-0.2, -0.15) is 0 Å². The average Bonchev–Trinajstić information content (AvgIpc) is 3.15. The first-order valence-corrected chi connectivity index (χ1v) is 11.8. The highest BCUT2D eigenvalue weighted by molar-refractivity contribution is 7.17. The van der Waals surface area contributed by atoms with Gasteiger partial charge in [0.25, 0.3) is 0 Å². The molecule has 5 heteroatoms. The molecule has 3 rings (SSSR count). The van der Waals surface area contributed by atoms with Crippen LogP contribution in [0.25, 0.3) is 10.1 Å². The van der Waals surface area contributed by atoms with Crippen molar-refractivity contribution in [3.8, 4) is 5.75 Å². The zero-order chi connectivity index (χ0) is 20.9. The van der Waals surface area contributed by atoms with Crippen LogP contribution in [0.4, 0.5) is 4.79 Å². The number of nitrogens with zero attached hydrogens (tertiary/aromatic N) is 1. The van der Waals surface area contributed by atoms with Crippen LogP contribution in [-0.2, 0) is 4.74 Å². The maximum Gasteiger partial charge on any atom is 0.410 e. The molecular weight excluding hydrogens is 382 g/mol. The Morgan fingerprint density at radius 3 is 2.69 bits per heavy atom. The third-order valence-corrected chi connectivity index (χ3v) is 6.44. The van der Waals surface area contributed by atoms with E-state index in [0.717, 1.165) is 24.5 Å². The van der Waals surface area contributed by atoms with Crippen LogP contribution >= 0.6 is 11.3 Å². The summed E-state index contributed by atoms with van der Waals surface area (Å²) in [6.45, 7) is 6.33. The molecule has 1 fully saturated rings. The van der Waals surface area contributed by atoms with E-state index in [4.69, 9.17) is 9.47 Å². The van der Waals surface area contributed by atoms with Crippen LogP contribution in [0.5, 0.6) is 5.75 Å². The zero-order valence-electron chi connectivity index (χ0n) is 18.3. The maximum absolute atomic E-state index is 12.3. The van der Waals surface area contributed by atoms with Gasteiger partial charge in [0.15, 0.2) is 0 Å². The number of rotatable bonds is 7. The molecule has 1 amide bonds. The predicted octanol–water partition coefficient (Wildman–Crippen LogP) is 6.88. The molecule has 4 nitrogen and oxygen atoms in total. The van der Waals surface area contributed by atoms with Gasteiger partial charge in [0, 0.05) is 30.1 Å². The average molecular weight is 418 g/mol. The molecule has 1 aliphatic carbocycles. The fourth-order valence-electron chi connectivity index (χ4n) is 4.04. The first kappa shape index (κ1) is 21.9. The van der Waals surface area contributed by atoms with Crippen LogP contribution in [0.1, 0.15) is 65.7 Å². The smallest absolute Gasteiger partial charge is 0.410 e. The summed E-state index contributed by atoms with van der Waals surface area (Å²) in [4.78, 5) is 14.0. The van der Waals surface area contributed by atoms with E-state index in [9.17, 15) is 4.79 Å². The van der Waals surface area contributed by atoms with Crippen molar-refractivity contribution in [3.05, 3.63) is 29.6 Å². The Morgan fingerprint density at radius 2 is 1.97 bits per heavy atom. The molecule has 0 aliphatic heterocycles. The highest BCUT2D eigenvalue weighted by atomic mass is 32.1. The van der Waals surface area contributed by atoms with Crippen molar-refractivity contribution in [2.24, 2.45) is 5.92 Å². The van der Waals surface area contributed by atoms with Crippen molar-refractivity contribution in [1.82, 2.24) is 4.90 Å². The molecule has 29 heavy (non-hydrogen) atoms. The lowest BCUT2D eigenvalue weighted by Crippen LogP contribution is -2.36.